The fourth-order valence-electron chi connectivity index (χ4n) is 3.05. The summed E-state index contributed by atoms with van der Waals surface area (Å²) in [5.41, 5.74) is 2.49. The highest BCUT2D eigenvalue weighted by Crippen LogP contribution is 2.35. The molecule has 0 spiro atoms. The first-order valence-electron chi connectivity index (χ1n) is 8.56. The summed E-state index contributed by atoms with van der Waals surface area (Å²) in [6, 6.07) is 14.3. The fourth-order valence-corrected chi connectivity index (χ4v) is 4.32. The van der Waals surface area contributed by atoms with E-state index >= 15 is 0 Å². The van der Waals surface area contributed by atoms with Crippen molar-refractivity contribution in [1.29, 1.82) is 0 Å². The maximum Gasteiger partial charge on any atom is 0.216 e. The second-order valence-corrected chi connectivity index (χ2v) is 7.26. The molecule has 0 fully saturated rings. The van der Waals surface area contributed by atoms with Crippen LogP contribution in [0.25, 0.3) is 10.1 Å². The standard InChI is InChI=1S/C21H23NO3S/c1-14(23)22-10-9-18-19-13-17(25-3)7-8-20(19)26-21(18)12-15-5-4-6-16(11-15)24-2/h4-8,11,13H,9-10,12H2,1-3H3,(H,22,23). The Morgan fingerprint density at radius 1 is 1.08 bits per heavy atom. The van der Waals surface area contributed by atoms with E-state index < -0.39 is 0 Å². The van der Waals surface area contributed by atoms with Crippen LogP contribution in [0.15, 0.2) is 42.5 Å². The zero-order valence-corrected chi connectivity index (χ0v) is 16.1. The summed E-state index contributed by atoms with van der Waals surface area (Å²) in [7, 11) is 3.37. The average Bonchev–Trinajstić information content (AvgIpc) is 2.98. The van der Waals surface area contributed by atoms with Gasteiger partial charge in [-0.2, -0.15) is 0 Å². The van der Waals surface area contributed by atoms with Crippen molar-refractivity contribution >= 4 is 27.3 Å². The number of methoxy groups -OCH3 is 2. The average molecular weight is 369 g/mol. The molecule has 0 aliphatic carbocycles. The van der Waals surface area contributed by atoms with Crippen LogP contribution < -0.4 is 14.8 Å². The summed E-state index contributed by atoms with van der Waals surface area (Å²) in [5, 5.41) is 4.11. The maximum absolute atomic E-state index is 11.2. The van der Waals surface area contributed by atoms with Gasteiger partial charge in [-0.05, 0) is 53.3 Å². The number of carbonyl (C=O) groups excluding carboxylic acids is 1. The Morgan fingerprint density at radius 2 is 1.85 bits per heavy atom. The highest BCUT2D eigenvalue weighted by Gasteiger charge is 2.14. The summed E-state index contributed by atoms with van der Waals surface area (Å²) >= 11 is 1.80. The van der Waals surface area contributed by atoms with Gasteiger partial charge in [0.25, 0.3) is 0 Å². The molecule has 1 heterocycles. The normalized spacial score (nSPS) is 10.7. The van der Waals surface area contributed by atoms with Gasteiger partial charge < -0.3 is 14.8 Å². The van der Waals surface area contributed by atoms with Crippen molar-refractivity contribution in [3.63, 3.8) is 0 Å². The number of amides is 1. The number of hydrogen-bond acceptors (Lipinski definition) is 4. The number of hydrogen-bond donors (Lipinski definition) is 1. The molecule has 5 heteroatoms. The molecule has 1 N–H and O–H groups in total. The van der Waals surface area contributed by atoms with Crippen molar-refractivity contribution in [2.75, 3.05) is 20.8 Å². The van der Waals surface area contributed by atoms with Crippen molar-refractivity contribution in [1.82, 2.24) is 5.32 Å². The summed E-state index contributed by atoms with van der Waals surface area (Å²) in [5.74, 6) is 1.71. The van der Waals surface area contributed by atoms with E-state index in [1.54, 1.807) is 32.5 Å². The molecule has 0 bridgehead atoms. The van der Waals surface area contributed by atoms with Gasteiger partial charge in [0, 0.05) is 29.5 Å². The smallest absolute Gasteiger partial charge is 0.216 e. The van der Waals surface area contributed by atoms with E-state index in [1.807, 2.05) is 18.2 Å². The highest BCUT2D eigenvalue weighted by atomic mass is 32.1. The predicted octanol–water partition coefficient (Wildman–Crippen LogP) is 4.19. The van der Waals surface area contributed by atoms with Crippen LogP contribution in [0.2, 0.25) is 0 Å². The van der Waals surface area contributed by atoms with E-state index in [1.165, 1.54) is 26.1 Å². The quantitative estimate of drug-likeness (QED) is 0.679. The molecule has 0 unspecified atom stereocenters. The van der Waals surface area contributed by atoms with Gasteiger partial charge in [-0.3, -0.25) is 4.79 Å². The van der Waals surface area contributed by atoms with Crippen LogP contribution in [0.4, 0.5) is 0 Å². The van der Waals surface area contributed by atoms with Gasteiger partial charge in [0.1, 0.15) is 11.5 Å². The third-order valence-corrected chi connectivity index (χ3v) is 5.54. The Kier molecular flexibility index (Phi) is 5.78. The first-order valence-corrected chi connectivity index (χ1v) is 9.38. The van der Waals surface area contributed by atoms with Crippen molar-refractivity contribution in [2.24, 2.45) is 0 Å². The molecule has 1 aromatic heterocycles. The van der Waals surface area contributed by atoms with Gasteiger partial charge >= 0.3 is 0 Å². The lowest BCUT2D eigenvalue weighted by Crippen LogP contribution is -2.22. The Balaban J connectivity index is 1.97. The van der Waals surface area contributed by atoms with Gasteiger partial charge in [0.15, 0.2) is 0 Å². The van der Waals surface area contributed by atoms with E-state index in [0.717, 1.165) is 24.3 Å². The number of nitrogens with one attached hydrogen (secondary N) is 1. The minimum absolute atomic E-state index is 0.00328. The number of ether oxygens (including phenoxy) is 2. The van der Waals surface area contributed by atoms with Crippen LogP contribution in [0.5, 0.6) is 11.5 Å². The van der Waals surface area contributed by atoms with Crippen LogP contribution in [-0.4, -0.2) is 26.7 Å². The molecule has 136 valence electrons. The van der Waals surface area contributed by atoms with Crippen LogP contribution in [0, 0.1) is 0 Å². The molecule has 2 aromatic carbocycles. The Bertz CT molecular complexity index is 917. The number of thiophene rings is 1. The van der Waals surface area contributed by atoms with E-state index in [9.17, 15) is 4.79 Å². The topological polar surface area (TPSA) is 47.6 Å². The van der Waals surface area contributed by atoms with Crippen molar-refractivity contribution in [2.45, 2.75) is 19.8 Å². The molecular formula is C21H23NO3S. The maximum atomic E-state index is 11.2. The molecule has 0 atom stereocenters. The molecular weight excluding hydrogens is 346 g/mol. The van der Waals surface area contributed by atoms with E-state index in [4.69, 9.17) is 9.47 Å². The van der Waals surface area contributed by atoms with Crippen molar-refractivity contribution < 1.29 is 14.3 Å². The number of carbonyl (C=O) groups is 1. The molecule has 0 aliphatic rings. The van der Waals surface area contributed by atoms with E-state index in [-0.39, 0.29) is 5.91 Å². The van der Waals surface area contributed by atoms with Crippen LogP contribution >= 0.6 is 11.3 Å². The molecule has 3 rings (SSSR count). The molecule has 0 radical (unpaired) electrons. The van der Waals surface area contributed by atoms with Crippen molar-refractivity contribution in [3.05, 3.63) is 58.5 Å². The minimum atomic E-state index is -0.00328. The zero-order valence-electron chi connectivity index (χ0n) is 15.3. The fraction of sp³-hybridized carbons (Fsp3) is 0.286. The van der Waals surface area contributed by atoms with Crippen molar-refractivity contribution in [3.8, 4) is 11.5 Å². The van der Waals surface area contributed by atoms with Gasteiger partial charge in [-0.1, -0.05) is 12.1 Å². The lowest BCUT2D eigenvalue weighted by Gasteiger charge is -2.08. The van der Waals surface area contributed by atoms with Gasteiger partial charge in [-0.25, -0.2) is 0 Å². The van der Waals surface area contributed by atoms with Gasteiger partial charge in [-0.15, -0.1) is 11.3 Å². The summed E-state index contributed by atoms with van der Waals surface area (Å²) < 4.78 is 12.0. The monoisotopic (exact) mass is 369 g/mol. The van der Waals surface area contributed by atoms with Crippen LogP contribution in [0.1, 0.15) is 22.9 Å². The molecule has 0 saturated heterocycles. The molecule has 4 nitrogen and oxygen atoms in total. The molecule has 3 aromatic rings. The molecule has 0 saturated carbocycles. The number of fused-ring (bicyclic) bond motifs is 1. The summed E-state index contributed by atoms with van der Waals surface area (Å²) in [6.07, 6.45) is 1.64. The second kappa shape index (κ2) is 8.23. The minimum Gasteiger partial charge on any atom is -0.497 e. The Hall–Kier alpha value is -2.53. The lowest BCUT2D eigenvalue weighted by atomic mass is 10.0. The molecule has 0 aliphatic heterocycles. The SMILES string of the molecule is COc1cccc(Cc2sc3ccc(OC)cc3c2CCNC(C)=O)c1. The van der Waals surface area contributed by atoms with E-state index in [0.29, 0.717) is 6.54 Å². The first-order chi connectivity index (χ1) is 12.6. The van der Waals surface area contributed by atoms with Crippen LogP contribution in [-0.2, 0) is 17.6 Å². The predicted molar refractivity (Wildman–Crippen MR) is 107 cm³/mol. The zero-order chi connectivity index (χ0) is 18.5. The lowest BCUT2D eigenvalue weighted by molar-refractivity contribution is -0.118. The van der Waals surface area contributed by atoms with Crippen LogP contribution in [0.3, 0.4) is 0 Å². The Morgan fingerprint density at radius 3 is 2.58 bits per heavy atom. The largest absolute Gasteiger partial charge is 0.497 e. The number of benzene rings is 2. The highest BCUT2D eigenvalue weighted by molar-refractivity contribution is 7.19. The Labute approximate surface area is 157 Å². The third kappa shape index (κ3) is 4.17. The van der Waals surface area contributed by atoms with Gasteiger partial charge in [0.2, 0.25) is 5.91 Å². The third-order valence-electron chi connectivity index (χ3n) is 4.33. The summed E-state index contributed by atoms with van der Waals surface area (Å²) in [4.78, 5) is 12.6. The molecule has 26 heavy (non-hydrogen) atoms. The molecule has 1 amide bonds. The summed E-state index contributed by atoms with van der Waals surface area (Å²) in [6.45, 7) is 2.18. The number of rotatable bonds is 7. The van der Waals surface area contributed by atoms with E-state index in [2.05, 4.69) is 29.6 Å². The first kappa shape index (κ1) is 18.3. The van der Waals surface area contributed by atoms with Gasteiger partial charge in [0.05, 0.1) is 14.2 Å². The second-order valence-electron chi connectivity index (χ2n) is 6.13.